The number of hydrogen-bond acceptors (Lipinski definition) is 4. The number of esters is 1. The first kappa shape index (κ1) is 26.8. The average Bonchev–Trinajstić information content (AvgIpc) is 3.26. The number of fused-ring (bicyclic) bond motifs is 3. The van der Waals surface area contributed by atoms with Gasteiger partial charge in [0, 0.05) is 5.56 Å². The summed E-state index contributed by atoms with van der Waals surface area (Å²) in [6, 6.07) is 25.0. The molecule has 3 aliphatic rings. The molecule has 6 rings (SSSR count). The molecule has 0 amide bonds. The van der Waals surface area contributed by atoms with Gasteiger partial charge in [0.15, 0.2) is 0 Å². The fourth-order valence-corrected chi connectivity index (χ4v) is 8.94. The molecule has 5 nitrogen and oxygen atoms in total. The molecule has 0 bridgehead atoms. The molecule has 2 aliphatic carbocycles. The molecule has 0 radical (unpaired) electrons. The lowest BCUT2D eigenvalue weighted by molar-refractivity contribution is -0.149. The van der Waals surface area contributed by atoms with Crippen LogP contribution < -0.4 is 4.31 Å². The minimum absolute atomic E-state index is 0.0176. The van der Waals surface area contributed by atoms with Crippen LogP contribution >= 0.6 is 0 Å². The van der Waals surface area contributed by atoms with Gasteiger partial charge in [-0.25, -0.2) is 8.42 Å². The van der Waals surface area contributed by atoms with Crippen molar-refractivity contribution in [3.05, 3.63) is 95.6 Å². The molecule has 0 saturated heterocycles. The van der Waals surface area contributed by atoms with Gasteiger partial charge in [-0.05, 0) is 84.8 Å². The third-order valence-corrected chi connectivity index (χ3v) is 11.3. The van der Waals surface area contributed by atoms with E-state index in [9.17, 15) is 13.2 Å². The van der Waals surface area contributed by atoms with Gasteiger partial charge in [0.1, 0.15) is 5.41 Å². The summed E-state index contributed by atoms with van der Waals surface area (Å²) in [6.45, 7) is 6.59. The molecule has 1 saturated carbocycles. The van der Waals surface area contributed by atoms with E-state index in [1.54, 1.807) is 12.1 Å². The first-order valence-electron chi connectivity index (χ1n) is 14.1. The zero-order valence-corrected chi connectivity index (χ0v) is 24.6. The lowest BCUT2D eigenvalue weighted by atomic mass is 9.60. The van der Waals surface area contributed by atoms with Gasteiger partial charge in [-0.1, -0.05) is 80.1 Å². The molecule has 1 fully saturated rings. The second-order valence-electron chi connectivity index (χ2n) is 12.7. The van der Waals surface area contributed by atoms with Crippen LogP contribution in [0.15, 0.2) is 83.8 Å². The summed E-state index contributed by atoms with van der Waals surface area (Å²) in [5.74, 6) is -0.365. The molecule has 1 unspecified atom stereocenters. The maximum atomic E-state index is 14.3. The van der Waals surface area contributed by atoms with Crippen molar-refractivity contribution in [2.24, 2.45) is 16.2 Å². The summed E-state index contributed by atoms with van der Waals surface area (Å²) in [4.78, 5) is 14.3. The SMILES string of the molecule is COC(=O)C12CN(S(=O)(=O)c3ccc(C)cc3)c3ccccc3C1=C(c1ccccc1)C1(CCC(C)(C)CC1)C2. The molecule has 3 aromatic rings. The van der Waals surface area contributed by atoms with Crippen LogP contribution in [0.2, 0.25) is 0 Å². The van der Waals surface area contributed by atoms with Crippen LogP contribution in [0.5, 0.6) is 0 Å². The van der Waals surface area contributed by atoms with E-state index < -0.39 is 15.4 Å². The smallest absolute Gasteiger partial charge is 0.318 e. The summed E-state index contributed by atoms with van der Waals surface area (Å²) in [6.07, 6.45) is 4.51. The number of ether oxygens (including phenoxy) is 1. The Hall–Kier alpha value is -3.38. The molecule has 1 atom stereocenters. The fraction of sp³-hybridized carbons (Fsp3) is 0.382. The Morgan fingerprint density at radius 3 is 2.10 bits per heavy atom. The molecule has 0 aromatic heterocycles. The van der Waals surface area contributed by atoms with Crippen LogP contribution in [0.1, 0.15) is 62.6 Å². The Kier molecular flexibility index (Phi) is 6.26. The number of hydrogen-bond donors (Lipinski definition) is 0. The molecule has 40 heavy (non-hydrogen) atoms. The van der Waals surface area contributed by atoms with Crippen molar-refractivity contribution in [1.82, 2.24) is 0 Å². The molecule has 1 heterocycles. The number of carbonyl (C=O) groups excluding carboxylic acids is 1. The Morgan fingerprint density at radius 1 is 0.825 bits per heavy atom. The normalized spacial score (nSPS) is 23.1. The third-order valence-electron chi connectivity index (χ3n) is 9.56. The highest BCUT2D eigenvalue weighted by molar-refractivity contribution is 7.92. The van der Waals surface area contributed by atoms with Crippen molar-refractivity contribution >= 4 is 32.8 Å². The lowest BCUT2D eigenvalue weighted by Crippen LogP contribution is -2.50. The first-order valence-corrected chi connectivity index (χ1v) is 15.6. The fourth-order valence-electron chi connectivity index (χ4n) is 7.39. The monoisotopic (exact) mass is 555 g/mol. The molecule has 0 N–H and O–H groups in total. The number of allylic oxidation sites excluding steroid dienone is 1. The minimum Gasteiger partial charge on any atom is -0.468 e. The molecule has 6 heteroatoms. The van der Waals surface area contributed by atoms with Crippen LogP contribution in [0.3, 0.4) is 0 Å². The largest absolute Gasteiger partial charge is 0.468 e. The van der Waals surface area contributed by atoms with Crippen LogP contribution in [-0.2, 0) is 19.6 Å². The number of sulfonamides is 1. The number of carbonyl (C=O) groups is 1. The highest BCUT2D eigenvalue weighted by atomic mass is 32.2. The predicted molar refractivity (Wildman–Crippen MR) is 159 cm³/mol. The van der Waals surface area contributed by atoms with E-state index in [1.165, 1.54) is 17.0 Å². The summed E-state index contributed by atoms with van der Waals surface area (Å²) < 4.78 is 35.5. The molecular weight excluding hydrogens is 518 g/mol. The number of para-hydroxylation sites is 1. The Bertz CT molecular complexity index is 1600. The van der Waals surface area contributed by atoms with Gasteiger partial charge in [0.2, 0.25) is 0 Å². The van der Waals surface area contributed by atoms with E-state index >= 15 is 0 Å². The van der Waals surface area contributed by atoms with Crippen molar-refractivity contribution in [3.63, 3.8) is 0 Å². The van der Waals surface area contributed by atoms with E-state index in [0.29, 0.717) is 12.1 Å². The second-order valence-corrected chi connectivity index (χ2v) is 14.5. The highest BCUT2D eigenvalue weighted by Gasteiger charge is 2.63. The molecular formula is C34H37NO4S. The van der Waals surface area contributed by atoms with Crippen LogP contribution in [0, 0.1) is 23.2 Å². The van der Waals surface area contributed by atoms with Crippen molar-refractivity contribution < 1.29 is 17.9 Å². The third kappa shape index (κ3) is 4.02. The molecule has 3 aromatic carbocycles. The van der Waals surface area contributed by atoms with Gasteiger partial charge in [-0.3, -0.25) is 9.10 Å². The topological polar surface area (TPSA) is 63.7 Å². The molecule has 1 spiro atoms. The van der Waals surface area contributed by atoms with E-state index in [-0.39, 0.29) is 28.2 Å². The minimum atomic E-state index is -3.95. The summed E-state index contributed by atoms with van der Waals surface area (Å²) >= 11 is 0. The van der Waals surface area contributed by atoms with E-state index in [2.05, 4.69) is 26.0 Å². The number of aryl methyl sites for hydroxylation is 1. The summed E-state index contributed by atoms with van der Waals surface area (Å²) in [5, 5.41) is 0. The summed E-state index contributed by atoms with van der Waals surface area (Å²) in [5.41, 5.74) is 4.49. The summed E-state index contributed by atoms with van der Waals surface area (Å²) in [7, 11) is -2.53. The van der Waals surface area contributed by atoms with Crippen molar-refractivity contribution in [1.29, 1.82) is 0 Å². The van der Waals surface area contributed by atoms with E-state index in [1.807, 2.05) is 61.5 Å². The Labute approximate surface area is 237 Å². The maximum absolute atomic E-state index is 14.3. The van der Waals surface area contributed by atoms with Crippen molar-refractivity contribution in [3.8, 4) is 0 Å². The van der Waals surface area contributed by atoms with Gasteiger partial charge in [0.25, 0.3) is 10.0 Å². The van der Waals surface area contributed by atoms with Crippen LogP contribution in [0.25, 0.3) is 11.1 Å². The Morgan fingerprint density at radius 2 is 1.45 bits per heavy atom. The number of anilines is 1. The van der Waals surface area contributed by atoms with Gasteiger partial charge in [-0.15, -0.1) is 0 Å². The average molecular weight is 556 g/mol. The number of benzene rings is 3. The number of nitrogens with zero attached hydrogens (tertiary/aromatic N) is 1. The molecule has 208 valence electrons. The highest BCUT2D eigenvalue weighted by Crippen LogP contribution is 2.69. The Balaban J connectivity index is 1.64. The van der Waals surface area contributed by atoms with Crippen LogP contribution in [0.4, 0.5) is 5.69 Å². The van der Waals surface area contributed by atoms with Crippen LogP contribution in [-0.4, -0.2) is 28.0 Å². The molecule has 1 aliphatic heterocycles. The first-order chi connectivity index (χ1) is 19.0. The quantitative estimate of drug-likeness (QED) is 0.318. The van der Waals surface area contributed by atoms with Crippen molar-refractivity contribution in [2.75, 3.05) is 18.0 Å². The van der Waals surface area contributed by atoms with E-state index in [0.717, 1.165) is 47.9 Å². The standard InChI is InChI=1S/C34H37NO4S/c1-24-14-16-26(17-15-24)40(37,38)35-23-34(31(36)39-4)22-33(20-18-32(2,3)19-21-33)29(25-10-6-5-7-11-25)30(34)27-12-8-9-13-28(27)35/h5-17H,18-23H2,1-4H3. The van der Waals surface area contributed by atoms with E-state index in [4.69, 9.17) is 4.74 Å². The number of rotatable bonds is 4. The lowest BCUT2D eigenvalue weighted by Gasteiger charge is -2.45. The zero-order chi connectivity index (χ0) is 28.3. The van der Waals surface area contributed by atoms with Crippen molar-refractivity contribution in [2.45, 2.75) is 57.8 Å². The zero-order valence-electron chi connectivity index (χ0n) is 23.7. The van der Waals surface area contributed by atoms with Gasteiger partial charge >= 0.3 is 5.97 Å². The predicted octanol–water partition coefficient (Wildman–Crippen LogP) is 7.26. The van der Waals surface area contributed by atoms with Gasteiger partial charge < -0.3 is 4.74 Å². The number of methoxy groups -OCH3 is 1. The maximum Gasteiger partial charge on any atom is 0.318 e. The van der Waals surface area contributed by atoms with Gasteiger partial charge in [-0.2, -0.15) is 0 Å². The second kappa shape index (κ2) is 9.34. The van der Waals surface area contributed by atoms with Gasteiger partial charge in [0.05, 0.1) is 24.2 Å².